The van der Waals surface area contributed by atoms with E-state index in [1.165, 1.54) is 0 Å². The van der Waals surface area contributed by atoms with Crippen LogP contribution in [0.4, 0.5) is 26.3 Å². The lowest BCUT2D eigenvalue weighted by Crippen LogP contribution is -2.54. The zero-order chi connectivity index (χ0) is 18.8. The largest absolute Gasteiger partial charge is 0.502 e. The van der Waals surface area contributed by atoms with Crippen LogP contribution < -0.4 is 0 Å². The fraction of sp³-hybridized carbons (Fsp3) is 0.300. The first-order chi connectivity index (χ1) is 10.6. The van der Waals surface area contributed by atoms with Gasteiger partial charge in [0.25, 0.3) is 0 Å². The molecule has 0 fully saturated rings. The van der Waals surface area contributed by atoms with Crippen LogP contribution in [0.15, 0.2) is 24.3 Å². The normalized spacial score (nSPS) is 18.2. The van der Waals surface area contributed by atoms with E-state index in [0.29, 0.717) is 12.1 Å². The molecule has 6 nitrogen and oxygen atoms in total. The van der Waals surface area contributed by atoms with Crippen molar-refractivity contribution in [3.8, 4) is 0 Å². The quantitative estimate of drug-likeness (QED) is 0.557. The molecular formula is C10H4F6O6S2. The number of rotatable bonds is 2. The first-order valence-corrected chi connectivity index (χ1v) is 8.52. The van der Waals surface area contributed by atoms with Crippen LogP contribution in [0.5, 0.6) is 0 Å². The summed E-state index contributed by atoms with van der Waals surface area (Å²) >= 11 is 0. The van der Waals surface area contributed by atoms with E-state index in [2.05, 4.69) is 4.74 Å². The average molecular weight is 398 g/mol. The highest BCUT2D eigenvalue weighted by molar-refractivity contribution is 8.10. The maximum absolute atomic E-state index is 12.9. The molecule has 0 bridgehead atoms. The predicted octanol–water partition coefficient (Wildman–Crippen LogP) is 1.84. The van der Waals surface area contributed by atoms with Gasteiger partial charge in [-0.3, -0.25) is 0 Å². The van der Waals surface area contributed by atoms with Crippen molar-refractivity contribution in [1.29, 1.82) is 0 Å². The van der Waals surface area contributed by atoms with Gasteiger partial charge < -0.3 is 4.74 Å². The molecule has 0 N–H and O–H groups in total. The maximum Gasteiger partial charge on any atom is 0.502 e. The molecule has 1 aromatic carbocycles. The lowest BCUT2D eigenvalue weighted by Gasteiger charge is -2.29. The summed E-state index contributed by atoms with van der Waals surface area (Å²) in [6, 6.07) is 2.69. The van der Waals surface area contributed by atoms with Crippen molar-refractivity contribution >= 4 is 25.6 Å². The number of hydrogen-bond acceptors (Lipinski definition) is 6. The number of carbonyl (C=O) groups is 1. The smallest absolute Gasteiger partial charge is 0.419 e. The standard InChI is InChI=1S/C10H4F6O6S2/c11-9(12,13)23(18,19)8(24(20,21)10(14,15)16)6-4-2-1-3-5(6)7(17)22-8/h1-4H. The molecule has 134 valence electrons. The first kappa shape index (κ1) is 18.5. The summed E-state index contributed by atoms with van der Waals surface area (Å²) in [5, 5.41) is 0. The second-order valence-corrected chi connectivity index (χ2v) is 8.74. The lowest BCUT2D eigenvalue weighted by molar-refractivity contribution is -0.0580. The van der Waals surface area contributed by atoms with E-state index in [-0.39, 0.29) is 0 Å². The Labute approximate surface area is 129 Å². The van der Waals surface area contributed by atoms with Crippen molar-refractivity contribution in [3.63, 3.8) is 0 Å². The fourth-order valence-electron chi connectivity index (χ4n) is 2.01. The lowest BCUT2D eigenvalue weighted by atomic mass is 10.1. The number of hydrogen-bond donors (Lipinski definition) is 0. The minimum atomic E-state index is -7.18. The van der Waals surface area contributed by atoms with Crippen LogP contribution >= 0.6 is 0 Å². The number of esters is 1. The molecule has 0 aliphatic carbocycles. The molecular weight excluding hydrogens is 394 g/mol. The Balaban J connectivity index is 3.06. The molecule has 2 rings (SSSR count). The Kier molecular flexibility index (Phi) is 3.73. The predicted molar refractivity (Wildman–Crippen MR) is 63.5 cm³/mol. The van der Waals surface area contributed by atoms with Gasteiger partial charge in [0.1, 0.15) is 0 Å². The molecule has 0 saturated carbocycles. The van der Waals surface area contributed by atoms with E-state index in [1.54, 1.807) is 0 Å². The van der Waals surface area contributed by atoms with Crippen LogP contribution in [-0.4, -0.2) is 33.8 Å². The van der Waals surface area contributed by atoms with Gasteiger partial charge >= 0.3 is 40.9 Å². The summed E-state index contributed by atoms with van der Waals surface area (Å²) in [5.41, 5.74) is -15.5. The van der Waals surface area contributed by atoms with Crippen molar-refractivity contribution < 1.29 is 52.7 Å². The van der Waals surface area contributed by atoms with Crippen LogP contribution in [0.3, 0.4) is 0 Å². The van der Waals surface area contributed by atoms with Crippen LogP contribution in [-0.2, 0) is 28.7 Å². The number of halogens is 6. The topological polar surface area (TPSA) is 94.6 Å². The van der Waals surface area contributed by atoms with E-state index >= 15 is 0 Å². The molecule has 0 spiro atoms. The van der Waals surface area contributed by atoms with E-state index in [0.717, 1.165) is 12.1 Å². The van der Waals surface area contributed by atoms with Crippen LogP contribution in [0.25, 0.3) is 0 Å². The molecule has 0 atom stereocenters. The minimum absolute atomic E-state index is 0.326. The number of cyclic esters (lactones) is 1. The number of fused-ring (bicyclic) bond motifs is 1. The van der Waals surface area contributed by atoms with Crippen LogP contribution in [0.1, 0.15) is 15.9 Å². The van der Waals surface area contributed by atoms with Gasteiger partial charge in [0.05, 0.1) is 5.56 Å². The highest BCUT2D eigenvalue weighted by atomic mass is 32.3. The number of alkyl halides is 6. The maximum atomic E-state index is 12.9. The summed E-state index contributed by atoms with van der Waals surface area (Å²) in [4.78, 5) is 11.5. The average Bonchev–Trinajstić information content (AvgIpc) is 2.72. The van der Waals surface area contributed by atoms with Crippen molar-refractivity contribution in [1.82, 2.24) is 0 Å². The molecule has 0 aromatic heterocycles. The molecule has 0 radical (unpaired) electrons. The van der Waals surface area contributed by atoms with Gasteiger partial charge in [-0.1, -0.05) is 18.2 Å². The second-order valence-electron chi connectivity index (χ2n) is 4.39. The van der Waals surface area contributed by atoms with Crippen molar-refractivity contribution in [2.75, 3.05) is 0 Å². The molecule has 1 heterocycles. The molecule has 1 aromatic rings. The zero-order valence-electron chi connectivity index (χ0n) is 10.8. The number of benzene rings is 1. The van der Waals surface area contributed by atoms with Crippen molar-refractivity contribution in [2.45, 2.75) is 15.3 Å². The minimum Gasteiger partial charge on any atom is -0.419 e. The molecule has 0 amide bonds. The number of sulfone groups is 2. The third-order valence-corrected chi connectivity index (χ3v) is 7.58. The van der Waals surface area contributed by atoms with E-state index < -0.39 is 52.1 Å². The molecule has 1 aliphatic rings. The summed E-state index contributed by atoms with van der Waals surface area (Å²) in [6.45, 7) is 0. The third-order valence-electron chi connectivity index (χ3n) is 3.02. The van der Waals surface area contributed by atoms with Gasteiger partial charge in [0.2, 0.25) is 0 Å². The van der Waals surface area contributed by atoms with E-state index in [4.69, 9.17) is 0 Å². The monoisotopic (exact) mass is 398 g/mol. The van der Waals surface area contributed by atoms with Gasteiger partial charge in [0.15, 0.2) is 0 Å². The van der Waals surface area contributed by atoms with Gasteiger partial charge in [0, 0.05) is 5.56 Å². The highest BCUT2D eigenvalue weighted by Gasteiger charge is 2.79. The summed E-state index contributed by atoms with van der Waals surface area (Å²) < 4.78 is 123. The SMILES string of the molecule is O=C1OC(S(=O)(=O)C(F)(F)F)(S(=O)(=O)C(F)(F)F)c2ccccc21. The summed E-state index contributed by atoms with van der Waals surface area (Å²) in [7, 11) is -14.4. The molecule has 0 saturated heterocycles. The molecule has 0 unspecified atom stereocenters. The van der Waals surface area contributed by atoms with Crippen molar-refractivity contribution in [3.05, 3.63) is 35.4 Å². The van der Waals surface area contributed by atoms with Crippen molar-refractivity contribution in [2.24, 2.45) is 0 Å². The summed E-state index contributed by atoms with van der Waals surface area (Å²) in [6.07, 6.45) is 0. The fourth-order valence-corrected chi connectivity index (χ4v) is 5.65. The number of ether oxygens (including phenoxy) is 1. The Morgan fingerprint density at radius 3 is 1.67 bits per heavy atom. The Morgan fingerprint density at radius 2 is 1.25 bits per heavy atom. The van der Waals surface area contributed by atoms with Gasteiger partial charge in [-0.05, 0) is 6.07 Å². The van der Waals surface area contributed by atoms with E-state index in [1.807, 2.05) is 0 Å². The van der Waals surface area contributed by atoms with E-state index in [9.17, 15) is 48.0 Å². The summed E-state index contributed by atoms with van der Waals surface area (Å²) in [5.74, 6) is -1.95. The molecule has 24 heavy (non-hydrogen) atoms. The highest BCUT2D eigenvalue weighted by Crippen LogP contribution is 2.54. The zero-order valence-corrected chi connectivity index (χ0v) is 12.5. The van der Waals surface area contributed by atoms with Crippen LogP contribution in [0, 0.1) is 0 Å². The Hall–Kier alpha value is -1.83. The number of carbonyl (C=O) groups excluding carboxylic acids is 1. The van der Waals surface area contributed by atoms with Crippen LogP contribution in [0.2, 0.25) is 0 Å². The van der Waals surface area contributed by atoms with Gasteiger partial charge in [-0.2, -0.15) is 26.3 Å². The first-order valence-electron chi connectivity index (χ1n) is 5.56. The second kappa shape index (κ2) is 4.84. The Bertz CT molecular complexity index is 868. The molecule has 1 aliphatic heterocycles. The van der Waals surface area contributed by atoms with Gasteiger partial charge in [-0.25, -0.2) is 21.6 Å². The van der Waals surface area contributed by atoms with Gasteiger partial charge in [-0.15, -0.1) is 0 Å². The Morgan fingerprint density at radius 1 is 0.833 bits per heavy atom. The molecule has 14 heteroatoms. The third kappa shape index (κ3) is 2.05.